The number of carbonyl (C=O) groups is 2. The predicted octanol–water partition coefficient (Wildman–Crippen LogP) is 4.43. The Balaban J connectivity index is 1.70. The van der Waals surface area contributed by atoms with E-state index in [0.29, 0.717) is 5.75 Å². The number of ether oxygens (including phenoxy) is 1. The van der Waals surface area contributed by atoms with Crippen LogP contribution in [-0.4, -0.2) is 24.2 Å². The average Bonchev–Trinajstić information content (AvgIpc) is 2.94. The van der Waals surface area contributed by atoms with Gasteiger partial charge in [0.2, 0.25) is 0 Å². The van der Waals surface area contributed by atoms with Crippen molar-refractivity contribution in [3.05, 3.63) is 50.7 Å². The van der Waals surface area contributed by atoms with E-state index < -0.39 is 5.97 Å². The summed E-state index contributed by atoms with van der Waals surface area (Å²) in [6.07, 6.45) is 0. The van der Waals surface area contributed by atoms with Gasteiger partial charge in [-0.05, 0) is 37.1 Å². The highest BCUT2D eigenvalue weighted by molar-refractivity contribution is 7.99. The molecule has 2 rings (SSSR count). The van der Waals surface area contributed by atoms with Crippen molar-refractivity contribution < 1.29 is 14.3 Å². The maximum Gasteiger partial charge on any atom is 0.316 e. The Morgan fingerprint density at radius 1 is 1.21 bits per heavy atom. The molecule has 0 atom stereocenters. The first kappa shape index (κ1) is 18.8. The highest BCUT2D eigenvalue weighted by atomic mass is 35.5. The minimum atomic E-state index is -0.403. The van der Waals surface area contributed by atoms with Crippen molar-refractivity contribution in [3.63, 3.8) is 0 Å². The van der Waals surface area contributed by atoms with E-state index in [-0.39, 0.29) is 18.3 Å². The number of thiophene rings is 1. The molecule has 1 heterocycles. The number of benzene rings is 1. The molecule has 0 radical (unpaired) electrons. The number of hydrogen-bond acceptors (Lipinski definition) is 5. The van der Waals surface area contributed by atoms with Crippen molar-refractivity contribution in [3.8, 4) is 0 Å². The van der Waals surface area contributed by atoms with Crippen molar-refractivity contribution in [1.29, 1.82) is 0 Å². The topological polar surface area (TPSA) is 55.4 Å². The van der Waals surface area contributed by atoms with Crippen LogP contribution in [0.4, 0.5) is 5.69 Å². The monoisotopic (exact) mass is 383 g/mol. The summed E-state index contributed by atoms with van der Waals surface area (Å²) >= 11 is 8.77. The second kappa shape index (κ2) is 9.11. The van der Waals surface area contributed by atoms with Crippen LogP contribution in [0.2, 0.25) is 4.34 Å². The third kappa shape index (κ3) is 5.85. The van der Waals surface area contributed by atoms with E-state index in [4.69, 9.17) is 16.3 Å². The maximum absolute atomic E-state index is 11.9. The molecule has 4 nitrogen and oxygen atoms in total. The number of rotatable bonds is 7. The summed E-state index contributed by atoms with van der Waals surface area (Å²) in [5.74, 6) is 0.155. The average molecular weight is 384 g/mol. The van der Waals surface area contributed by atoms with Crippen LogP contribution in [0.1, 0.15) is 16.0 Å². The lowest BCUT2D eigenvalue weighted by atomic mass is 10.1. The summed E-state index contributed by atoms with van der Waals surface area (Å²) in [5, 5.41) is 2.78. The lowest BCUT2D eigenvalue weighted by molar-refractivity contribution is -0.144. The zero-order valence-corrected chi connectivity index (χ0v) is 15.8. The first-order valence-corrected chi connectivity index (χ1v) is 9.64. The molecule has 0 aliphatic heterocycles. The minimum Gasteiger partial charge on any atom is -0.455 e. The van der Waals surface area contributed by atoms with Gasteiger partial charge in [0.1, 0.15) is 0 Å². The summed E-state index contributed by atoms with van der Waals surface area (Å²) < 4.78 is 5.74. The normalized spacial score (nSPS) is 10.5. The molecule has 1 amide bonds. The Labute approximate surface area is 154 Å². The fourth-order valence-electron chi connectivity index (χ4n) is 2.04. The van der Waals surface area contributed by atoms with E-state index in [0.717, 1.165) is 26.0 Å². The summed E-state index contributed by atoms with van der Waals surface area (Å²) in [4.78, 5) is 24.7. The number of nitrogens with one attached hydrogen (secondary N) is 1. The van der Waals surface area contributed by atoms with E-state index in [1.54, 1.807) is 0 Å². The number of thioether (sulfide) groups is 1. The number of aryl methyl sites for hydroxylation is 2. The molecule has 0 aliphatic carbocycles. The summed E-state index contributed by atoms with van der Waals surface area (Å²) in [5.41, 5.74) is 2.71. The smallest absolute Gasteiger partial charge is 0.316 e. The number of para-hydroxylation sites is 1. The first-order chi connectivity index (χ1) is 11.5. The summed E-state index contributed by atoms with van der Waals surface area (Å²) in [7, 11) is 0. The van der Waals surface area contributed by atoms with Crippen LogP contribution in [0.3, 0.4) is 0 Å². The van der Waals surface area contributed by atoms with Gasteiger partial charge >= 0.3 is 5.97 Å². The highest BCUT2D eigenvalue weighted by Crippen LogP contribution is 2.25. The lowest BCUT2D eigenvalue weighted by Crippen LogP contribution is -2.22. The lowest BCUT2D eigenvalue weighted by Gasteiger charge is -2.11. The number of halogens is 1. The summed E-state index contributed by atoms with van der Waals surface area (Å²) in [6, 6.07) is 9.53. The molecule has 0 saturated carbocycles. The molecule has 24 heavy (non-hydrogen) atoms. The van der Waals surface area contributed by atoms with E-state index in [1.807, 2.05) is 44.2 Å². The molecule has 1 aromatic heterocycles. The predicted molar refractivity (Wildman–Crippen MR) is 101 cm³/mol. The SMILES string of the molecule is Cc1cccc(C)c1NC(=O)COC(=O)CSCc1ccc(Cl)s1. The molecule has 0 aliphatic rings. The molecule has 1 N–H and O–H groups in total. The summed E-state index contributed by atoms with van der Waals surface area (Å²) in [6.45, 7) is 3.56. The molecule has 128 valence electrons. The molecule has 0 saturated heterocycles. The van der Waals surface area contributed by atoms with Crippen LogP contribution in [0, 0.1) is 13.8 Å². The van der Waals surface area contributed by atoms with Gasteiger partial charge in [-0.1, -0.05) is 29.8 Å². The van der Waals surface area contributed by atoms with Crippen molar-refractivity contribution in [2.75, 3.05) is 17.7 Å². The van der Waals surface area contributed by atoms with E-state index >= 15 is 0 Å². The van der Waals surface area contributed by atoms with Crippen LogP contribution < -0.4 is 5.32 Å². The molecule has 2 aromatic rings. The van der Waals surface area contributed by atoms with Crippen molar-refractivity contribution in [2.45, 2.75) is 19.6 Å². The Morgan fingerprint density at radius 2 is 1.92 bits per heavy atom. The Hall–Kier alpha value is -1.50. The Morgan fingerprint density at radius 3 is 2.54 bits per heavy atom. The Bertz CT molecular complexity index is 710. The van der Waals surface area contributed by atoms with Crippen LogP contribution in [0.5, 0.6) is 0 Å². The quantitative estimate of drug-likeness (QED) is 0.718. The molecular formula is C17H18ClNO3S2. The minimum absolute atomic E-state index is 0.201. The number of esters is 1. The van der Waals surface area contributed by atoms with Gasteiger partial charge in [-0.3, -0.25) is 9.59 Å². The zero-order valence-electron chi connectivity index (χ0n) is 13.4. The molecule has 0 unspecified atom stereocenters. The first-order valence-electron chi connectivity index (χ1n) is 7.29. The number of hydrogen-bond donors (Lipinski definition) is 1. The van der Waals surface area contributed by atoms with Crippen molar-refractivity contribution in [1.82, 2.24) is 0 Å². The molecule has 0 fully saturated rings. The molecule has 1 aromatic carbocycles. The van der Waals surface area contributed by atoms with Gasteiger partial charge in [0.05, 0.1) is 10.1 Å². The van der Waals surface area contributed by atoms with E-state index in [1.165, 1.54) is 23.1 Å². The molecule has 7 heteroatoms. The molecule has 0 bridgehead atoms. The van der Waals surface area contributed by atoms with Crippen molar-refractivity contribution in [2.24, 2.45) is 0 Å². The van der Waals surface area contributed by atoms with E-state index in [9.17, 15) is 9.59 Å². The van der Waals surface area contributed by atoms with Crippen molar-refractivity contribution >= 4 is 52.3 Å². The number of anilines is 1. The van der Waals surface area contributed by atoms with Crippen LogP contribution in [-0.2, 0) is 20.1 Å². The third-order valence-corrected chi connectivity index (χ3v) is 5.57. The number of amides is 1. The standard InChI is InChI=1S/C17H18ClNO3S2/c1-11-4-3-5-12(2)17(11)19-15(20)8-22-16(21)10-23-9-13-6-7-14(18)24-13/h3-7H,8-10H2,1-2H3,(H,19,20). The van der Waals surface area contributed by atoms with Gasteiger partial charge < -0.3 is 10.1 Å². The fourth-order valence-corrected chi connectivity index (χ4v) is 4.06. The van der Waals surface area contributed by atoms with Gasteiger partial charge in [0.15, 0.2) is 6.61 Å². The Kier molecular flexibility index (Phi) is 7.15. The van der Waals surface area contributed by atoms with Gasteiger partial charge in [-0.2, -0.15) is 0 Å². The second-order valence-corrected chi connectivity index (χ2v) is 7.96. The van der Waals surface area contributed by atoms with E-state index in [2.05, 4.69) is 5.32 Å². The fraction of sp³-hybridized carbons (Fsp3) is 0.294. The zero-order chi connectivity index (χ0) is 17.5. The van der Waals surface area contributed by atoms with Crippen LogP contribution >= 0.6 is 34.7 Å². The second-order valence-electron chi connectivity index (χ2n) is 5.17. The molecular weight excluding hydrogens is 366 g/mol. The maximum atomic E-state index is 11.9. The third-order valence-electron chi connectivity index (χ3n) is 3.20. The van der Waals surface area contributed by atoms with Crippen LogP contribution in [0.15, 0.2) is 30.3 Å². The van der Waals surface area contributed by atoms with Gasteiger partial charge in [0.25, 0.3) is 5.91 Å². The van der Waals surface area contributed by atoms with Gasteiger partial charge in [0, 0.05) is 16.3 Å². The largest absolute Gasteiger partial charge is 0.455 e. The van der Waals surface area contributed by atoms with Crippen LogP contribution in [0.25, 0.3) is 0 Å². The highest BCUT2D eigenvalue weighted by Gasteiger charge is 2.11. The van der Waals surface area contributed by atoms with Gasteiger partial charge in [-0.25, -0.2) is 0 Å². The molecule has 0 spiro atoms. The van der Waals surface area contributed by atoms with Gasteiger partial charge in [-0.15, -0.1) is 23.1 Å². The number of carbonyl (C=O) groups excluding carboxylic acids is 2.